The van der Waals surface area contributed by atoms with Gasteiger partial charge in [0, 0.05) is 75.6 Å². The van der Waals surface area contributed by atoms with Crippen molar-refractivity contribution in [3.63, 3.8) is 0 Å². The fourth-order valence-electron chi connectivity index (χ4n) is 11.0. The summed E-state index contributed by atoms with van der Waals surface area (Å²) < 4.78 is 40.1. The van der Waals surface area contributed by atoms with Crippen LogP contribution in [0.2, 0.25) is 0 Å². The van der Waals surface area contributed by atoms with Crippen molar-refractivity contribution in [2.75, 3.05) is 0 Å². The Morgan fingerprint density at radius 2 is 0.931 bits per heavy atom. The van der Waals surface area contributed by atoms with E-state index in [2.05, 4.69) is 67.7 Å². The van der Waals surface area contributed by atoms with Gasteiger partial charge in [0.1, 0.15) is 58.4 Å². The van der Waals surface area contributed by atoms with Gasteiger partial charge in [-0.3, -0.25) is 0 Å². The maximum absolute atomic E-state index is 12.0. The number of para-hydroxylation sites is 3. The Morgan fingerprint density at radius 3 is 1.38 bits per heavy atom. The number of hydrogen-bond donors (Lipinski definition) is 6. The van der Waals surface area contributed by atoms with E-state index in [1.165, 1.54) is 0 Å². The predicted octanol–water partition coefficient (Wildman–Crippen LogP) is 17.1. The number of rotatable bonds is 19. The lowest BCUT2D eigenvalue weighted by Gasteiger charge is -2.19. The van der Waals surface area contributed by atoms with Crippen molar-refractivity contribution in [3.8, 4) is 62.8 Å². The number of alkyl carbamates (subject to hydrolysis) is 2. The predicted molar refractivity (Wildman–Crippen MR) is 390 cm³/mol. The number of phenolic OH excluding ortho intramolecular Hbond substituents is 1. The minimum absolute atomic E-state index is 0.0337. The molecule has 0 saturated heterocycles. The van der Waals surface area contributed by atoms with E-state index in [4.69, 9.17) is 53.6 Å². The molecular weight excluding hydrogens is 1290 g/mol. The lowest BCUT2D eigenvalue weighted by atomic mass is 9.99. The molecule has 20 heteroatoms. The third-order valence-electron chi connectivity index (χ3n) is 15.6. The summed E-state index contributed by atoms with van der Waals surface area (Å²) in [6, 6.07) is 68.4. The molecule has 0 bridgehead atoms. The number of furan rings is 3. The second-order valence-electron chi connectivity index (χ2n) is 25.7. The topological polar surface area (TPSA) is 303 Å². The Morgan fingerprint density at radius 1 is 0.510 bits per heavy atom. The fourth-order valence-corrected chi connectivity index (χ4v) is 11.0. The minimum Gasteiger partial charge on any atom is -0.508 e. The van der Waals surface area contributed by atoms with Crippen molar-refractivity contribution in [3.05, 3.63) is 275 Å². The van der Waals surface area contributed by atoms with Crippen LogP contribution in [0.15, 0.2) is 232 Å². The first-order valence-electron chi connectivity index (χ1n) is 33.0. The van der Waals surface area contributed by atoms with Crippen LogP contribution in [0.5, 0.6) is 17.2 Å². The number of aromatic hydroxyl groups is 1. The molecular formula is C82H79N9O11. The number of benzene rings is 9. The van der Waals surface area contributed by atoms with Crippen molar-refractivity contribution >= 4 is 45.1 Å². The van der Waals surface area contributed by atoms with Crippen LogP contribution in [0.25, 0.3) is 66.3 Å². The van der Waals surface area contributed by atoms with E-state index in [9.17, 15) is 14.7 Å². The monoisotopic (exact) mass is 1370 g/mol. The van der Waals surface area contributed by atoms with E-state index >= 15 is 0 Å². The summed E-state index contributed by atoms with van der Waals surface area (Å²) in [6.07, 6.45) is 5.25. The smallest absolute Gasteiger partial charge is 0.407 e. The Labute approximate surface area is 590 Å². The number of nitrogens with two attached hydrogens (primary N) is 1. The average molecular weight is 1370 g/mol. The number of aliphatic hydroxyl groups excluding tert-OH is 1. The molecule has 9 aromatic carbocycles. The van der Waals surface area contributed by atoms with E-state index < -0.39 is 23.4 Å². The van der Waals surface area contributed by atoms with Crippen LogP contribution >= 0.6 is 0 Å². The summed E-state index contributed by atoms with van der Waals surface area (Å²) in [5, 5.41) is 58.7. The highest BCUT2D eigenvalue weighted by molar-refractivity contribution is 5.95. The molecule has 0 aliphatic carbocycles. The minimum atomic E-state index is -0.547. The van der Waals surface area contributed by atoms with Gasteiger partial charge in [-0.2, -0.15) is 15.7 Å². The van der Waals surface area contributed by atoms with Crippen LogP contribution in [0.3, 0.4) is 0 Å². The SMILES string of the molecule is CC(C)(C)OC(=O)NCc1cccc(-c2cc(CO)cc3ccoc23)c1.CC(C)(C)OC(=O)NCc1cccc(-c2cc(COc3ccccc3CC#N)cc3ccoc23)c1.N#CCc1ccccc1O.NCc1cccc(-c2cc(COc3ccccc3Cc3nn[nH]n3)cc3ccoc23)c1. The first-order chi connectivity index (χ1) is 49.3. The number of aromatic nitrogens is 4. The number of carbonyl (C=O) groups is 2. The first-order valence-corrected chi connectivity index (χ1v) is 33.0. The van der Waals surface area contributed by atoms with Crippen molar-refractivity contribution in [1.82, 2.24) is 31.3 Å². The number of tetrazole rings is 1. The van der Waals surface area contributed by atoms with Crippen molar-refractivity contribution in [2.24, 2.45) is 5.73 Å². The zero-order valence-corrected chi connectivity index (χ0v) is 57.5. The summed E-state index contributed by atoms with van der Waals surface area (Å²) in [5.41, 5.74) is 21.5. The fraction of sp³-hybridized carbons (Fsp3) is 0.207. The molecule has 0 unspecified atom stereocenters. The Kier molecular flexibility index (Phi) is 24.3. The second kappa shape index (κ2) is 34.3. The summed E-state index contributed by atoms with van der Waals surface area (Å²) >= 11 is 0. The number of nitrogens with zero attached hydrogens (tertiary/aromatic N) is 5. The molecule has 102 heavy (non-hydrogen) atoms. The van der Waals surface area contributed by atoms with Gasteiger partial charge in [-0.25, -0.2) is 9.59 Å². The molecule has 0 fully saturated rings. The van der Waals surface area contributed by atoms with Gasteiger partial charge in [0.05, 0.1) is 50.4 Å². The van der Waals surface area contributed by atoms with Crippen molar-refractivity contribution in [1.29, 1.82) is 10.5 Å². The van der Waals surface area contributed by atoms with E-state index in [-0.39, 0.29) is 18.8 Å². The third kappa shape index (κ3) is 20.3. The van der Waals surface area contributed by atoms with Crippen LogP contribution < -0.4 is 25.8 Å². The zero-order valence-electron chi connectivity index (χ0n) is 57.5. The van der Waals surface area contributed by atoms with Crippen molar-refractivity contribution in [2.45, 2.75) is 111 Å². The zero-order chi connectivity index (χ0) is 72.0. The van der Waals surface area contributed by atoms with Crippen LogP contribution in [-0.2, 0) is 68.2 Å². The van der Waals surface area contributed by atoms with Gasteiger partial charge in [0.2, 0.25) is 0 Å². The normalized spacial score (nSPS) is 11.0. The van der Waals surface area contributed by atoms with Gasteiger partial charge in [-0.05, 0) is 183 Å². The summed E-state index contributed by atoms with van der Waals surface area (Å²) in [7, 11) is 0. The molecule has 7 N–H and O–H groups in total. The van der Waals surface area contributed by atoms with Gasteiger partial charge in [0.25, 0.3) is 0 Å². The Balaban J connectivity index is 0.000000155. The lowest BCUT2D eigenvalue weighted by molar-refractivity contribution is 0.0512. The Hall–Kier alpha value is -12.5. The van der Waals surface area contributed by atoms with E-state index in [1.54, 1.807) is 43.1 Å². The number of phenols is 1. The number of fused-ring (bicyclic) bond motifs is 3. The number of aromatic amines is 1. The largest absolute Gasteiger partial charge is 0.508 e. The standard InChI is InChI=1S/C29H28N2O4.C24H21N5O2.C21H23NO4.C8H7NO/c1-29(2,3)35-28(32)31-18-20-7-6-9-23(15-20)25-17-21(16-24-12-14-33-27(24)25)19-34-26-10-5-4-8-22(26)11-13-30;25-14-16-4-3-6-18(10-16)21-12-17(11-20-8-9-30-24(20)21)15-31-22-7-2-1-5-19(22)13-23-26-28-29-27-23;1-21(2,3)26-20(24)22-12-14-5-4-6-16(9-14)18-11-15(13-23)10-17-7-8-25-19(17)18;9-6-5-7-3-1-2-4-8(7)10/h4-10,12,14-17H,11,18-19H2,1-3H3,(H,31,32);1-12H,13-15,25H2,(H,26,27,28,29);4-11,23H,12-13H2,1-3H3,(H,22,24);1-4,10H,5H2. The maximum atomic E-state index is 12.0. The molecule has 20 nitrogen and oxygen atoms in total. The lowest BCUT2D eigenvalue weighted by Crippen LogP contribution is -2.32. The molecule has 0 saturated carbocycles. The molecule has 0 aliphatic heterocycles. The van der Waals surface area contributed by atoms with Crippen LogP contribution in [0.4, 0.5) is 9.59 Å². The number of aliphatic hydroxyl groups is 1. The molecule has 2 amide bonds. The average Bonchev–Trinajstić information content (AvgIpc) is 1.52. The quantitative estimate of drug-likeness (QED) is 0.0438. The van der Waals surface area contributed by atoms with E-state index in [0.717, 1.165) is 117 Å². The first kappa shape index (κ1) is 72.3. The van der Waals surface area contributed by atoms with Gasteiger partial charge in [-0.1, -0.05) is 114 Å². The van der Waals surface area contributed by atoms with Crippen LogP contribution in [0, 0.1) is 22.7 Å². The van der Waals surface area contributed by atoms with Gasteiger partial charge < -0.3 is 58.8 Å². The summed E-state index contributed by atoms with van der Waals surface area (Å²) in [6.45, 7) is 12.9. The molecule has 4 heterocycles. The number of carbonyl (C=O) groups excluding carboxylic acids is 2. The third-order valence-corrected chi connectivity index (χ3v) is 15.6. The number of H-pyrrole nitrogens is 1. The van der Waals surface area contributed by atoms with Crippen LogP contribution in [-0.4, -0.2) is 54.2 Å². The molecule has 4 aromatic heterocycles. The number of amides is 2. The summed E-state index contributed by atoms with van der Waals surface area (Å²) in [5.74, 6) is 2.33. The number of nitriles is 2. The van der Waals surface area contributed by atoms with Crippen molar-refractivity contribution < 1.29 is 52.0 Å². The number of hydrogen-bond acceptors (Lipinski definition) is 17. The molecule has 518 valence electrons. The van der Waals surface area contributed by atoms with Gasteiger partial charge in [0.15, 0.2) is 5.82 Å². The highest BCUT2D eigenvalue weighted by Gasteiger charge is 2.20. The summed E-state index contributed by atoms with van der Waals surface area (Å²) in [4.78, 5) is 23.9. The van der Waals surface area contributed by atoms with Gasteiger partial charge in [-0.15, -0.1) is 10.2 Å². The van der Waals surface area contributed by atoms with E-state index in [1.807, 2.05) is 193 Å². The second-order valence-corrected chi connectivity index (χ2v) is 25.7. The maximum Gasteiger partial charge on any atom is 0.407 e. The van der Waals surface area contributed by atoms with Crippen LogP contribution in [0.1, 0.15) is 97.4 Å². The Bertz CT molecular complexity index is 5050. The van der Waals surface area contributed by atoms with E-state index in [0.29, 0.717) is 62.8 Å². The molecule has 0 spiro atoms. The van der Waals surface area contributed by atoms with Gasteiger partial charge >= 0.3 is 12.2 Å². The molecule has 13 rings (SSSR count). The highest BCUT2D eigenvalue weighted by Crippen LogP contribution is 2.36. The highest BCUT2D eigenvalue weighted by atomic mass is 16.6. The molecule has 0 aliphatic rings. The molecule has 0 radical (unpaired) electrons. The number of ether oxygens (including phenoxy) is 4. The molecule has 0 atom stereocenters. The molecule has 13 aromatic rings. The number of nitrogens with one attached hydrogen (secondary N) is 3.